The van der Waals surface area contributed by atoms with Crippen LogP contribution in [-0.2, 0) is 16.0 Å². The number of benzene rings is 1. The number of amides is 2. The first-order valence-corrected chi connectivity index (χ1v) is 6.89. The number of methoxy groups -OCH3 is 1. The van der Waals surface area contributed by atoms with Crippen molar-refractivity contribution in [2.45, 2.75) is 31.7 Å². The number of carbonyl (C=O) groups is 2. The van der Waals surface area contributed by atoms with E-state index in [1.807, 2.05) is 24.3 Å². The molecule has 2 N–H and O–H groups in total. The van der Waals surface area contributed by atoms with Gasteiger partial charge in [-0.3, -0.25) is 9.59 Å². The Morgan fingerprint density at radius 1 is 1.40 bits per heavy atom. The van der Waals surface area contributed by atoms with Gasteiger partial charge >= 0.3 is 0 Å². The van der Waals surface area contributed by atoms with E-state index in [0.717, 1.165) is 18.4 Å². The maximum Gasteiger partial charge on any atom is 0.242 e. The Labute approximate surface area is 118 Å². The van der Waals surface area contributed by atoms with Gasteiger partial charge < -0.3 is 15.4 Å². The Balaban J connectivity index is 1.96. The Bertz CT molecular complexity index is 488. The number of rotatable bonds is 4. The first-order chi connectivity index (χ1) is 9.70. The molecule has 0 saturated carbocycles. The van der Waals surface area contributed by atoms with Crippen molar-refractivity contribution in [3.63, 3.8) is 0 Å². The fourth-order valence-electron chi connectivity index (χ4n) is 2.34. The van der Waals surface area contributed by atoms with Crippen LogP contribution in [0.5, 0.6) is 5.75 Å². The Morgan fingerprint density at radius 3 is 3.00 bits per heavy atom. The van der Waals surface area contributed by atoms with Gasteiger partial charge in [0.05, 0.1) is 13.5 Å². The summed E-state index contributed by atoms with van der Waals surface area (Å²) < 4.78 is 5.22. The molecule has 0 bridgehead atoms. The summed E-state index contributed by atoms with van der Waals surface area (Å²) in [6, 6.07) is 6.98. The zero-order chi connectivity index (χ0) is 14.4. The van der Waals surface area contributed by atoms with E-state index in [1.165, 1.54) is 0 Å². The van der Waals surface area contributed by atoms with Gasteiger partial charge in [-0.25, -0.2) is 0 Å². The van der Waals surface area contributed by atoms with Crippen molar-refractivity contribution in [1.82, 2.24) is 10.6 Å². The quantitative estimate of drug-likeness (QED) is 0.863. The number of hydrogen-bond donors (Lipinski definition) is 2. The average Bonchev–Trinajstić information content (AvgIpc) is 2.65. The van der Waals surface area contributed by atoms with Crippen molar-refractivity contribution in [2.24, 2.45) is 0 Å². The summed E-state index contributed by atoms with van der Waals surface area (Å²) in [4.78, 5) is 23.8. The third kappa shape index (κ3) is 3.73. The number of ether oxygens (including phenoxy) is 1. The van der Waals surface area contributed by atoms with Gasteiger partial charge in [0.2, 0.25) is 11.8 Å². The second-order valence-corrected chi connectivity index (χ2v) is 4.90. The van der Waals surface area contributed by atoms with Crippen LogP contribution < -0.4 is 15.4 Å². The van der Waals surface area contributed by atoms with E-state index in [2.05, 4.69) is 10.6 Å². The second-order valence-electron chi connectivity index (χ2n) is 4.90. The molecule has 2 rings (SSSR count). The lowest BCUT2D eigenvalue weighted by molar-refractivity contribution is -0.128. The molecule has 1 atom stereocenters. The van der Waals surface area contributed by atoms with Crippen LogP contribution in [0, 0.1) is 0 Å². The van der Waals surface area contributed by atoms with Crippen LogP contribution in [0.1, 0.15) is 24.8 Å². The smallest absolute Gasteiger partial charge is 0.242 e. The minimum Gasteiger partial charge on any atom is -0.496 e. The lowest BCUT2D eigenvalue weighted by Gasteiger charge is -2.15. The zero-order valence-corrected chi connectivity index (χ0v) is 11.6. The third-order valence-electron chi connectivity index (χ3n) is 3.41. The SMILES string of the molecule is COc1ccccc1CC(=O)NC1CCCCNC1=O. The van der Waals surface area contributed by atoms with Crippen molar-refractivity contribution in [2.75, 3.05) is 13.7 Å². The van der Waals surface area contributed by atoms with Crippen molar-refractivity contribution < 1.29 is 14.3 Å². The first-order valence-electron chi connectivity index (χ1n) is 6.89. The monoisotopic (exact) mass is 276 g/mol. The fourth-order valence-corrected chi connectivity index (χ4v) is 2.34. The van der Waals surface area contributed by atoms with Gasteiger partial charge in [0, 0.05) is 12.1 Å². The van der Waals surface area contributed by atoms with Crippen molar-refractivity contribution in [1.29, 1.82) is 0 Å². The molecule has 0 aliphatic carbocycles. The molecule has 1 heterocycles. The van der Waals surface area contributed by atoms with Crippen LogP contribution >= 0.6 is 0 Å². The number of hydrogen-bond acceptors (Lipinski definition) is 3. The fraction of sp³-hybridized carbons (Fsp3) is 0.467. The molecule has 20 heavy (non-hydrogen) atoms. The molecule has 108 valence electrons. The molecule has 1 aromatic rings. The van der Waals surface area contributed by atoms with E-state index in [4.69, 9.17) is 4.74 Å². The molecule has 1 aliphatic rings. The molecular weight excluding hydrogens is 256 g/mol. The summed E-state index contributed by atoms with van der Waals surface area (Å²) in [5, 5.41) is 5.61. The van der Waals surface area contributed by atoms with E-state index in [-0.39, 0.29) is 18.2 Å². The molecule has 5 heteroatoms. The third-order valence-corrected chi connectivity index (χ3v) is 3.41. The summed E-state index contributed by atoms with van der Waals surface area (Å²) in [6.07, 6.45) is 2.82. The van der Waals surface area contributed by atoms with Gasteiger partial charge in [-0.1, -0.05) is 18.2 Å². The lowest BCUT2D eigenvalue weighted by Crippen LogP contribution is -2.46. The van der Waals surface area contributed by atoms with E-state index in [1.54, 1.807) is 7.11 Å². The van der Waals surface area contributed by atoms with Crippen molar-refractivity contribution in [3.05, 3.63) is 29.8 Å². The number of carbonyl (C=O) groups excluding carboxylic acids is 2. The van der Waals surface area contributed by atoms with Gasteiger partial charge in [-0.2, -0.15) is 0 Å². The van der Waals surface area contributed by atoms with E-state index in [9.17, 15) is 9.59 Å². The highest BCUT2D eigenvalue weighted by atomic mass is 16.5. The molecule has 2 amide bonds. The molecule has 1 aromatic carbocycles. The average molecular weight is 276 g/mol. The summed E-state index contributed by atoms with van der Waals surface area (Å²) in [6.45, 7) is 0.692. The highest BCUT2D eigenvalue weighted by molar-refractivity contribution is 5.88. The van der Waals surface area contributed by atoms with Crippen molar-refractivity contribution >= 4 is 11.8 Å². The molecule has 1 aliphatic heterocycles. The molecule has 1 unspecified atom stereocenters. The minimum absolute atomic E-state index is 0.0872. The largest absolute Gasteiger partial charge is 0.496 e. The van der Waals surface area contributed by atoms with Crippen LogP contribution in [0.4, 0.5) is 0 Å². The first kappa shape index (κ1) is 14.4. The molecule has 5 nitrogen and oxygen atoms in total. The molecular formula is C15H20N2O3. The highest BCUT2D eigenvalue weighted by Crippen LogP contribution is 2.17. The molecule has 1 saturated heterocycles. The van der Waals surface area contributed by atoms with Crippen LogP contribution in [0.15, 0.2) is 24.3 Å². The predicted octanol–water partition coefficient (Wildman–Crippen LogP) is 1.02. The topological polar surface area (TPSA) is 67.4 Å². The number of para-hydroxylation sites is 1. The summed E-state index contributed by atoms with van der Waals surface area (Å²) in [7, 11) is 1.58. The minimum atomic E-state index is -0.417. The normalized spacial score (nSPS) is 18.9. The maximum absolute atomic E-state index is 12.1. The highest BCUT2D eigenvalue weighted by Gasteiger charge is 2.22. The summed E-state index contributed by atoms with van der Waals surface area (Å²) in [5.74, 6) is 0.445. The molecule has 0 radical (unpaired) electrons. The van der Waals surface area contributed by atoms with Crippen LogP contribution in [0.2, 0.25) is 0 Å². The van der Waals surface area contributed by atoms with Gasteiger partial charge in [-0.05, 0) is 25.3 Å². The predicted molar refractivity (Wildman–Crippen MR) is 75.5 cm³/mol. The summed E-state index contributed by atoms with van der Waals surface area (Å²) >= 11 is 0. The van der Waals surface area contributed by atoms with E-state index in [0.29, 0.717) is 18.7 Å². The van der Waals surface area contributed by atoms with Crippen LogP contribution in [0.25, 0.3) is 0 Å². The summed E-state index contributed by atoms with van der Waals surface area (Å²) in [5.41, 5.74) is 0.821. The lowest BCUT2D eigenvalue weighted by atomic mass is 10.1. The molecule has 1 fully saturated rings. The van der Waals surface area contributed by atoms with Gasteiger partial charge in [0.25, 0.3) is 0 Å². The van der Waals surface area contributed by atoms with Gasteiger partial charge in [0.15, 0.2) is 0 Å². The van der Waals surface area contributed by atoms with E-state index >= 15 is 0 Å². The maximum atomic E-state index is 12.1. The molecule has 0 spiro atoms. The van der Waals surface area contributed by atoms with E-state index < -0.39 is 6.04 Å². The molecule has 0 aromatic heterocycles. The van der Waals surface area contributed by atoms with Gasteiger partial charge in [-0.15, -0.1) is 0 Å². The second kappa shape index (κ2) is 6.93. The Morgan fingerprint density at radius 2 is 2.20 bits per heavy atom. The van der Waals surface area contributed by atoms with Crippen LogP contribution in [0.3, 0.4) is 0 Å². The van der Waals surface area contributed by atoms with Gasteiger partial charge in [0.1, 0.15) is 11.8 Å². The van der Waals surface area contributed by atoms with Crippen molar-refractivity contribution in [3.8, 4) is 5.75 Å². The van der Waals surface area contributed by atoms with Crippen LogP contribution in [-0.4, -0.2) is 31.5 Å². The standard InChI is InChI=1S/C15H20N2O3/c1-20-13-8-3-2-6-11(13)10-14(18)17-12-7-4-5-9-16-15(12)19/h2-3,6,8,12H,4-5,7,9-10H2,1H3,(H,16,19)(H,17,18). The number of nitrogens with one attached hydrogen (secondary N) is 2. The Kier molecular flexibility index (Phi) is 4.98. The Hall–Kier alpha value is -2.04. The zero-order valence-electron chi connectivity index (χ0n) is 11.6.